The summed E-state index contributed by atoms with van der Waals surface area (Å²) in [6, 6.07) is 10.3. The number of halogens is 1. The van der Waals surface area contributed by atoms with Crippen molar-refractivity contribution in [3.05, 3.63) is 57.8 Å². The van der Waals surface area contributed by atoms with E-state index < -0.39 is 12.1 Å². The van der Waals surface area contributed by atoms with E-state index in [0.29, 0.717) is 28.4 Å². The zero-order valence-electron chi connectivity index (χ0n) is 15.7. The number of carbonyl (C=O) groups is 2. The summed E-state index contributed by atoms with van der Waals surface area (Å²) in [4.78, 5) is 24.4. The number of benzene rings is 2. The first-order valence-electron chi connectivity index (χ1n) is 8.68. The maximum Gasteiger partial charge on any atom is 0.347 e. The third-order valence-corrected chi connectivity index (χ3v) is 4.54. The van der Waals surface area contributed by atoms with Crippen molar-refractivity contribution in [3.63, 3.8) is 0 Å². The van der Waals surface area contributed by atoms with Gasteiger partial charge in [0.1, 0.15) is 17.2 Å². The van der Waals surface area contributed by atoms with Crippen LogP contribution in [0.1, 0.15) is 29.8 Å². The van der Waals surface area contributed by atoms with Gasteiger partial charge >= 0.3 is 5.97 Å². The van der Waals surface area contributed by atoms with Crippen LogP contribution in [-0.4, -0.2) is 31.6 Å². The predicted octanol–water partition coefficient (Wildman–Crippen LogP) is 4.40. The van der Waals surface area contributed by atoms with E-state index in [-0.39, 0.29) is 18.1 Å². The van der Waals surface area contributed by atoms with Gasteiger partial charge in [0.15, 0.2) is 11.9 Å². The molecule has 1 aliphatic rings. The number of Topliss-reactive ketones (excluding diaryl/α,β-unsaturated/α-hetero) is 1. The molecule has 1 heterocycles. The molecule has 0 fully saturated rings. The Morgan fingerprint density at radius 3 is 2.75 bits per heavy atom. The number of fused-ring (bicyclic) bond motifs is 1. The fourth-order valence-corrected chi connectivity index (χ4v) is 3.09. The summed E-state index contributed by atoms with van der Waals surface area (Å²) in [5, 5.41) is 0. The number of esters is 1. The van der Waals surface area contributed by atoms with Gasteiger partial charge in [-0.3, -0.25) is 4.79 Å². The van der Waals surface area contributed by atoms with E-state index in [4.69, 9.17) is 18.9 Å². The highest BCUT2D eigenvalue weighted by atomic mass is 79.9. The van der Waals surface area contributed by atoms with Gasteiger partial charge in [-0.1, -0.05) is 15.9 Å². The molecule has 0 aromatic heterocycles. The standard InChI is InChI=1S/C21H19BrO6/c1-4-26-21(24)12(2)27-15-6-7-16-18(11-15)28-19(20(16)23)10-13-9-14(22)5-8-17(13)25-3/h5-12H,4H2,1-3H3/b19-10-/t12-/m0/s1. The molecule has 0 radical (unpaired) electrons. The van der Waals surface area contributed by atoms with E-state index in [0.717, 1.165) is 4.47 Å². The lowest BCUT2D eigenvalue weighted by molar-refractivity contribution is -0.150. The third-order valence-electron chi connectivity index (χ3n) is 4.05. The Labute approximate surface area is 171 Å². The number of methoxy groups -OCH3 is 1. The largest absolute Gasteiger partial charge is 0.496 e. The number of ether oxygens (including phenoxy) is 4. The topological polar surface area (TPSA) is 71.1 Å². The summed E-state index contributed by atoms with van der Waals surface area (Å²) >= 11 is 3.41. The average molecular weight is 447 g/mol. The van der Waals surface area contributed by atoms with Gasteiger partial charge in [-0.15, -0.1) is 0 Å². The summed E-state index contributed by atoms with van der Waals surface area (Å²) in [6.45, 7) is 3.61. The molecule has 0 N–H and O–H groups in total. The molecule has 146 valence electrons. The van der Waals surface area contributed by atoms with Crippen LogP contribution in [0.3, 0.4) is 0 Å². The number of carbonyl (C=O) groups excluding carboxylic acids is 2. The SMILES string of the molecule is CCOC(=O)[C@H](C)Oc1ccc2c(c1)O/C(=C\c1cc(Br)ccc1OC)C2=O. The molecule has 0 unspecified atom stereocenters. The number of hydrogen-bond acceptors (Lipinski definition) is 6. The van der Waals surface area contributed by atoms with Crippen LogP contribution in [0, 0.1) is 0 Å². The van der Waals surface area contributed by atoms with E-state index in [1.54, 1.807) is 51.3 Å². The molecule has 7 heteroatoms. The van der Waals surface area contributed by atoms with Gasteiger partial charge < -0.3 is 18.9 Å². The molecule has 2 aromatic carbocycles. The van der Waals surface area contributed by atoms with Crippen LogP contribution < -0.4 is 14.2 Å². The van der Waals surface area contributed by atoms with Crippen LogP contribution in [0.25, 0.3) is 6.08 Å². The van der Waals surface area contributed by atoms with E-state index in [2.05, 4.69) is 15.9 Å². The van der Waals surface area contributed by atoms with E-state index >= 15 is 0 Å². The van der Waals surface area contributed by atoms with Crippen molar-refractivity contribution in [1.29, 1.82) is 0 Å². The molecule has 1 aliphatic heterocycles. The quantitative estimate of drug-likeness (QED) is 0.483. The number of ketones is 1. The van der Waals surface area contributed by atoms with Crippen LogP contribution in [0.5, 0.6) is 17.2 Å². The number of hydrogen-bond donors (Lipinski definition) is 0. The van der Waals surface area contributed by atoms with Gasteiger partial charge in [0.25, 0.3) is 0 Å². The van der Waals surface area contributed by atoms with Crippen molar-refractivity contribution in [2.45, 2.75) is 20.0 Å². The second-order valence-corrected chi connectivity index (χ2v) is 6.91. The normalized spacial score (nSPS) is 15.0. The molecule has 0 bridgehead atoms. The van der Waals surface area contributed by atoms with Crippen LogP contribution in [-0.2, 0) is 9.53 Å². The third kappa shape index (κ3) is 4.20. The summed E-state index contributed by atoms with van der Waals surface area (Å²) in [5.74, 6) is 0.897. The molecular weight excluding hydrogens is 428 g/mol. The van der Waals surface area contributed by atoms with Crippen molar-refractivity contribution < 1.29 is 28.5 Å². The van der Waals surface area contributed by atoms with Gasteiger partial charge in [-0.05, 0) is 50.3 Å². The lowest BCUT2D eigenvalue weighted by Gasteiger charge is -2.13. The Balaban J connectivity index is 1.83. The smallest absolute Gasteiger partial charge is 0.347 e. The molecule has 0 saturated heterocycles. The minimum atomic E-state index is -0.768. The molecule has 2 aromatic rings. The molecule has 0 spiro atoms. The fraction of sp³-hybridized carbons (Fsp3) is 0.238. The van der Waals surface area contributed by atoms with Gasteiger partial charge in [0.05, 0.1) is 19.3 Å². The van der Waals surface area contributed by atoms with Crippen molar-refractivity contribution >= 4 is 33.8 Å². The second-order valence-electron chi connectivity index (χ2n) is 6.00. The van der Waals surface area contributed by atoms with Gasteiger partial charge in [0, 0.05) is 16.1 Å². The first-order chi connectivity index (χ1) is 13.4. The van der Waals surface area contributed by atoms with Crippen LogP contribution in [0.4, 0.5) is 0 Å². The first-order valence-corrected chi connectivity index (χ1v) is 9.47. The van der Waals surface area contributed by atoms with Crippen molar-refractivity contribution in [1.82, 2.24) is 0 Å². The van der Waals surface area contributed by atoms with Crippen LogP contribution in [0.2, 0.25) is 0 Å². The Morgan fingerprint density at radius 2 is 2.04 bits per heavy atom. The predicted molar refractivity (Wildman–Crippen MR) is 107 cm³/mol. The minimum absolute atomic E-state index is 0.182. The van der Waals surface area contributed by atoms with Crippen molar-refractivity contribution in [2.24, 2.45) is 0 Å². The van der Waals surface area contributed by atoms with Gasteiger partial charge in [0.2, 0.25) is 5.78 Å². The molecule has 6 nitrogen and oxygen atoms in total. The Kier molecular flexibility index (Phi) is 6.04. The average Bonchev–Trinajstić information content (AvgIpc) is 2.97. The summed E-state index contributed by atoms with van der Waals surface area (Å²) in [6.07, 6.45) is 0.865. The number of rotatable bonds is 6. The molecule has 0 saturated carbocycles. The molecule has 0 aliphatic carbocycles. The highest BCUT2D eigenvalue weighted by molar-refractivity contribution is 9.10. The van der Waals surface area contributed by atoms with Crippen molar-refractivity contribution in [3.8, 4) is 17.2 Å². The van der Waals surface area contributed by atoms with E-state index in [1.807, 2.05) is 12.1 Å². The lowest BCUT2D eigenvalue weighted by Crippen LogP contribution is -2.26. The molecular formula is C21H19BrO6. The zero-order chi connectivity index (χ0) is 20.3. The maximum atomic E-state index is 12.7. The minimum Gasteiger partial charge on any atom is -0.496 e. The van der Waals surface area contributed by atoms with Crippen LogP contribution >= 0.6 is 15.9 Å². The monoisotopic (exact) mass is 446 g/mol. The van der Waals surface area contributed by atoms with Gasteiger partial charge in [-0.25, -0.2) is 4.79 Å². The highest BCUT2D eigenvalue weighted by Crippen LogP contribution is 2.36. The molecule has 1 atom stereocenters. The van der Waals surface area contributed by atoms with E-state index in [1.165, 1.54) is 0 Å². The second kappa shape index (κ2) is 8.48. The Morgan fingerprint density at radius 1 is 1.25 bits per heavy atom. The fourth-order valence-electron chi connectivity index (χ4n) is 2.71. The molecule has 3 rings (SSSR count). The summed E-state index contributed by atoms with van der Waals surface area (Å²) in [5.41, 5.74) is 1.14. The van der Waals surface area contributed by atoms with Crippen LogP contribution in [0.15, 0.2) is 46.6 Å². The maximum absolute atomic E-state index is 12.7. The van der Waals surface area contributed by atoms with Crippen molar-refractivity contribution in [2.75, 3.05) is 13.7 Å². The summed E-state index contributed by atoms with van der Waals surface area (Å²) < 4.78 is 22.4. The number of allylic oxidation sites excluding steroid dienone is 1. The highest BCUT2D eigenvalue weighted by Gasteiger charge is 2.28. The van der Waals surface area contributed by atoms with Gasteiger partial charge in [-0.2, -0.15) is 0 Å². The Bertz CT molecular complexity index is 950. The molecule has 28 heavy (non-hydrogen) atoms. The Hall–Kier alpha value is -2.80. The first kappa shape index (κ1) is 19.9. The summed E-state index contributed by atoms with van der Waals surface area (Å²) in [7, 11) is 1.56. The van der Waals surface area contributed by atoms with E-state index in [9.17, 15) is 9.59 Å². The lowest BCUT2D eigenvalue weighted by atomic mass is 10.1. The zero-order valence-corrected chi connectivity index (χ0v) is 17.2. The molecule has 0 amide bonds.